The van der Waals surface area contributed by atoms with Gasteiger partial charge in [0.15, 0.2) is 0 Å². The Kier molecular flexibility index (Phi) is 2.10. The smallest absolute Gasteiger partial charge is 0.271 e. The topological polar surface area (TPSA) is 71.8 Å². The van der Waals surface area contributed by atoms with Crippen molar-refractivity contribution in [2.24, 2.45) is 0 Å². The van der Waals surface area contributed by atoms with Gasteiger partial charge in [0.25, 0.3) is 5.69 Å². The number of nitro groups is 1. The van der Waals surface area contributed by atoms with Crippen LogP contribution in [0.3, 0.4) is 0 Å². The first-order valence-corrected chi connectivity index (χ1v) is 4.65. The highest BCUT2D eigenvalue weighted by Crippen LogP contribution is 2.25. The van der Waals surface area contributed by atoms with Crippen LogP contribution in [0.25, 0.3) is 10.9 Å². The fraction of sp³-hybridized carbons (Fsp3) is 0. The molecule has 1 N–H and O–H groups in total. The summed E-state index contributed by atoms with van der Waals surface area (Å²) >= 11 is 1.88. The number of benzene rings is 1. The third-order valence-corrected chi connectivity index (χ3v) is 2.54. The van der Waals surface area contributed by atoms with Crippen LogP contribution in [0.4, 0.5) is 10.1 Å². The summed E-state index contributed by atoms with van der Waals surface area (Å²) in [5, 5.41) is 17.0. The first-order valence-electron chi connectivity index (χ1n) is 3.57. The third kappa shape index (κ3) is 1.33. The lowest BCUT2D eigenvalue weighted by Crippen LogP contribution is -1.89. The molecule has 0 saturated heterocycles. The summed E-state index contributed by atoms with van der Waals surface area (Å²) in [6, 6.07) is 2.12. The summed E-state index contributed by atoms with van der Waals surface area (Å²) in [6.45, 7) is 0. The summed E-state index contributed by atoms with van der Waals surface area (Å²) in [7, 11) is 0. The molecule has 72 valence electrons. The van der Waals surface area contributed by atoms with Gasteiger partial charge in [0.1, 0.15) is 15.0 Å². The number of nitro benzene ring substituents is 1. The molecule has 2 rings (SSSR count). The molecule has 5 nitrogen and oxygen atoms in total. The average Bonchev–Trinajstić information content (AvgIpc) is 2.48. The summed E-state index contributed by atoms with van der Waals surface area (Å²) in [4.78, 5) is 9.75. The molecule has 0 spiro atoms. The quantitative estimate of drug-likeness (QED) is 0.499. The van der Waals surface area contributed by atoms with E-state index in [2.05, 4.69) is 10.2 Å². The zero-order valence-corrected chi connectivity index (χ0v) is 8.78. The molecule has 14 heavy (non-hydrogen) atoms. The molecule has 0 fully saturated rings. The number of aromatic amines is 1. The molecular weight excluding hydrogens is 304 g/mol. The summed E-state index contributed by atoms with van der Waals surface area (Å²) < 4.78 is 13.9. The van der Waals surface area contributed by atoms with Gasteiger partial charge in [-0.1, -0.05) is 0 Å². The zero-order chi connectivity index (χ0) is 10.3. The molecule has 0 unspecified atom stereocenters. The molecule has 0 radical (unpaired) electrons. The molecule has 1 aromatic carbocycles. The van der Waals surface area contributed by atoms with Gasteiger partial charge in [-0.15, -0.1) is 0 Å². The van der Waals surface area contributed by atoms with Crippen LogP contribution >= 0.6 is 22.6 Å². The van der Waals surface area contributed by atoms with Crippen molar-refractivity contribution in [3.63, 3.8) is 0 Å². The largest absolute Gasteiger partial charge is 0.274 e. The number of hydrogen-bond acceptors (Lipinski definition) is 3. The highest BCUT2D eigenvalue weighted by molar-refractivity contribution is 14.1. The normalized spacial score (nSPS) is 10.7. The van der Waals surface area contributed by atoms with Crippen LogP contribution in [0.15, 0.2) is 12.1 Å². The fourth-order valence-corrected chi connectivity index (χ4v) is 1.81. The Bertz CT molecular complexity index is 525. The van der Waals surface area contributed by atoms with Crippen molar-refractivity contribution in [3.8, 4) is 0 Å². The molecule has 0 aliphatic heterocycles. The molecule has 0 aliphatic rings. The Hall–Kier alpha value is -1.25. The summed E-state index contributed by atoms with van der Waals surface area (Å²) in [5.74, 6) is -0.632. The predicted molar refractivity (Wildman–Crippen MR) is 55.4 cm³/mol. The zero-order valence-electron chi connectivity index (χ0n) is 6.62. The Labute approximate surface area is 90.6 Å². The number of hydrogen-bond donors (Lipinski definition) is 1. The molecule has 0 atom stereocenters. The van der Waals surface area contributed by atoms with Crippen molar-refractivity contribution in [1.29, 1.82) is 0 Å². The van der Waals surface area contributed by atoms with Crippen molar-refractivity contribution >= 4 is 39.2 Å². The first kappa shape index (κ1) is 9.31. The molecule has 1 aromatic heterocycles. The van der Waals surface area contributed by atoms with Crippen molar-refractivity contribution in [3.05, 3.63) is 31.8 Å². The number of nitrogens with one attached hydrogen (secondary N) is 1. The third-order valence-electron chi connectivity index (χ3n) is 1.76. The predicted octanol–water partition coefficient (Wildman–Crippen LogP) is 2.21. The van der Waals surface area contributed by atoms with Gasteiger partial charge < -0.3 is 0 Å². The number of non-ortho nitro benzene ring substituents is 1. The molecule has 0 aliphatic carbocycles. The second-order valence-electron chi connectivity index (χ2n) is 2.62. The van der Waals surface area contributed by atoms with E-state index in [0.717, 1.165) is 6.07 Å². The standard InChI is InChI=1S/C7H3FIN3O2/c8-4-1-3(12(13)14)2-5-6(4)7(9)11-10-5/h1-2H,(H,10,11). The van der Waals surface area contributed by atoms with Crippen LogP contribution in [0, 0.1) is 19.6 Å². The molecule has 0 amide bonds. The second kappa shape index (κ2) is 3.15. The van der Waals surface area contributed by atoms with E-state index < -0.39 is 10.7 Å². The highest BCUT2D eigenvalue weighted by Gasteiger charge is 2.15. The lowest BCUT2D eigenvalue weighted by Gasteiger charge is -1.93. The van der Waals surface area contributed by atoms with Crippen LogP contribution in [-0.4, -0.2) is 15.1 Å². The van der Waals surface area contributed by atoms with E-state index in [1.165, 1.54) is 6.07 Å². The maximum Gasteiger partial charge on any atom is 0.274 e. The minimum atomic E-state index is -0.649. The molecule has 2 aromatic rings. The van der Waals surface area contributed by atoms with Crippen molar-refractivity contribution in [1.82, 2.24) is 10.2 Å². The van der Waals surface area contributed by atoms with Gasteiger partial charge in [0, 0.05) is 6.07 Å². The Morgan fingerprint density at radius 2 is 2.29 bits per heavy atom. The summed E-state index contributed by atoms with van der Waals surface area (Å²) in [6.07, 6.45) is 0. The van der Waals surface area contributed by atoms with E-state index >= 15 is 0 Å². The second-order valence-corrected chi connectivity index (χ2v) is 3.70. The SMILES string of the molecule is O=[N+]([O-])c1cc(F)c2c(I)[nH]nc2c1. The average molecular weight is 307 g/mol. The van der Waals surface area contributed by atoms with Crippen LogP contribution in [0.1, 0.15) is 0 Å². The van der Waals surface area contributed by atoms with E-state index in [-0.39, 0.29) is 16.6 Å². The van der Waals surface area contributed by atoms with Gasteiger partial charge in [-0.3, -0.25) is 15.2 Å². The minimum Gasteiger partial charge on any atom is -0.271 e. The molecule has 0 bridgehead atoms. The summed E-state index contributed by atoms with van der Waals surface area (Å²) in [5.41, 5.74) is -0.0287. The highest BCUT2D eigenvalue weighted by atomic mass is 127. The number of nitrogens with zero attached hydrogens (tertiary/aromatic N) is 2. The van der Waals surface area contributed by atoms with Gasteiger partial charge in [-0.2, -0.15) is 5.10 Å². The molecule has 7 heteroatoms. The van der Waals surface area contributed by atoms with Crippen molar-refractivity contribution in [2.45, 2.75) is 0 Å². The number of aromatic nitrogens is 2. The van der Waals surface area contributed by atoms with Crippen molar-refractivity contribution < 1.29 is 9.31 Å². The van der Waals surface area contributed by atoms with Crippen LogP contribution < -0.4 is 0 Å². The van der Waals surface area contributed by atoms with Gasteiger partial charge in [0.2, 0.25) is 0 Å². The van der Waals surface area contributed by atoms with E-state index in [4.69, 9.17) is 0 Å². The number of rotatable bonds is 1. The van der Waals surface area contributed by atoms with E-state index in [0.29, 0.717) is 3.70 Å². The maximum absolute atomic E-state index is 13.3. The molecule has 0 saturated carbocycles. The fourth-order valence-electron chi connectivity index (χ4n) is 1.15. The van der Waals surface area contributed by atoms with E-state index in [1.807, 2.05) is 22.6 Å². The minimum absolute atomic E-state index is 0.265. The van der Waals surface area contributed by atoms with Gasteiger partial charge in [-0.25, -0.2) is 4.39 Å². The molecule has 1 heterocycles. The number of halogens is 2. The number of fused-ring (bicyclic) bond motifs is 1. The van der Waals surface area contributed by atoms with Crippen LogP contribution in [-0.2, 0) is 0 Å². The van der Waals surface area contributed by atoms with Gasteiger partial charge in [-0.05, 0) is 22.6 Å². The van der Waals surface area contributed by atoms with Gasteiger partial charge >= 0.3 is 0 Å². The first-order chi connectivity index (χ1) is 6.59. The van der Waals surface area contributed by atoms with Gasteiger partial charge in [0.05, 0.1) is 16.4 Å². The Morgan fingerprint density at radius 1 is 1.57 bits per heavy atom. The molecular formula is C7H3FIN3O2. The Balaban J connectivity index is 2.80. The van der Waals surface area contributed by atoms with E-state index in [9.17, 15) is 14.5 Å². The van der Waals surface area contributed by atoms with Crippen molar-refractivity contribution in [2.75, 3.05) is 0 Å². The maximum atomic E-state index is 13.3. The van der Waals surface area contributed by atoms with Crippen LogP contribution in [0.2, 0.25) is 0 Å². The Morgan fingerprint density at radius 3 is 2.93 bits per heavy atom. The number of H-pyrrole nitrogens is 1. The van der Waals surface area contributed by atoms with Crippen LogP contribution in [0.5, 0.6) is 0 Å². The lowest BCUT2D eigenvalue weighted by atomic mass is 10.2. The lowest BCUT2D eigenvalue weighted by molar-refractivity contribution is -0.384. The van der Waals surface area contributed by atoms with E-state index in [1.54, 1.807) is 0 Å². The monoisotopic (exact) mass is 307 g/mol.